The van der Waals surface area contributed by atoms with Crippen LogP contribution in [0.2, 0.25) is 0 Å². The summed E-state index contributed by atoms with van der Waals surface area (Å²) >= 11 is 0. The first kappa shape index (κ1) is 15.8. The molecule has 21 heavy (non-hydrogen) atoms. The minimum atomic E-state index is -0.496. The summed E-state index contributed by atoms with van der Waals surface area (Å²) in [7, 11) is 1.63. The Kier molecular flexibility index (Phi) is 5.59. The van der Waals surface area contributed by atoms with E-state index in [4.69, 9.17) is 15.2 Å². The van der Waals surface area contributed by atoms with E-state index >= 15 is 0 Å². The van der Waals surface area contributed by atoms with Crippen LogP contribution in [0.5, 0.6) is 5.75 Å². The van der Waals surface area contributed by atoms with E-state index < -0.39 is 6.10 Å². The van der Waals surface area contributed by atoms with Crippen molar-refractivity contribution in [1.29, 1.82) is 0 Å². The molecule has 116 valence electrons. The molecule has 0 heterocycles. The van der Waals surface area contributed by atoms with Gasteiger partial charge in [0.25, 0.3) is 0 Å². The lowest BCUT2D eigenvalue weighted by molar-refractivity contribution is -0.133. The molecule has 2 unspecified atom stereocenters. The quantitative estimate of drug-likeness (QED) is 0.760. The second-order valence-electron chi connectivity index (χ2n) is 5.49. The number of nitrogens with one attached hydrogen (secondary N) is 1. The monoisotopic (exact) mass is 292 g/mol. The minimum absolute atomic E-state index is 0.0837. The summed E-state index contributed by atoms with van der Waals surface area (Å²) in [6.45, 7) is 2.62. The van der Waals surface area contributed by atoms with E-state index in [2.05, 4.69) is 5.32 Å². The third kappa shape index (κ3) is 4.72. The molecule has 1 aliphatic rings. The van der Waals surface area contributed by atoms with Crippen LogP contribution in [0, 0.1) is 5.92 Å². The number of methoxy groups -OCH3 is 1. The molecular formula is C16H24N2O3. The lowest BCUT2D eigenvalue weighted by Gasteiger charge is -2.19. The van der Waals surface area contributed by atoms with Crippen LogP contribution in [0.3, 0.4) is 0 Å². The Morgan fingerprint density at radius 1 is 1.48 bits per heavy atom. The van der Waals surface area contributed by atoms with Crippen molar-refractivity contribution in [3.05, 3.63) is 29.8 Å². The first-order valence-electron chi connectivity index (χ1n) is 7.39. The van der Waals surface area contributed by atoms with Gasteiger partial charge in [-0.3, -0.25) is 4.79 Å². The van der Waals surface area contributed by atoms with Crippen molar-refractivity contribution in [3.63, 3.8) is 0 Å². The molecule has 0 bridgehead atoms. The van der Waals surface area contributed by atoms with Gasteiger partial charge >= 0.3 is 0 Å². The fraction of sp³-hybridized carbons (Fsp3) is 0.562. The Bertz CT molecular complexity index is 474. The van der Waals surface area contributed by atoms with Crippen LogP contribution in [0.1, 0.15) is 25.3 Å². The third-order valence-corrected chi connectivity index (χ3v) is 3.78. The maximum atomic E-state index is 12.1. The van der Waals surface area contributed by atoms with Gasteiger partial charge in [0, 0.05) is 12.6 Å². The van der Waals surface area contributed by atoms with Gasteiger partial charge in [0.2, 0.25) is 5.91 Å². The lowest BCUT2D eigenvalue weighted by atomic mass is 10.2. The third-order valence-electron chi connectivity index (χ3n) is 3.78. The summed E-state index contributed by atoms with van der Waals surface area (Å²) in [6.07, 6.45) is 1.81. The van der Waals surface area contributed by atoms with Crippen LogP contribution in [0.4, 0.5) is 0 Å². The van der Waals surface area contributed by atoms with E-state index in [1.54, 1.807) is 14.0 Å². The molecule has 1 aromatic carbocycles. The fourth-order valence-corrected chi connectivity index (χ4v) is 2.23. The Balaban J connectivity index is 1.79. The molecule has 1 amide bonds. The van der Waals surface area contributed by atoms with Gasteiger partial charge in [-0.1, -0.05) is 12.1 Å². The fourth-order valence-electron chi connectivity index (χ4n) is 2.23. The molecule has 0 saturated heterocycles. The van der Waals surface area contributed by atoms with Crippen molar-refractivity contribution in [2.75, 3.05) is 13.7 Å². The highest BCUT2D eigenvalue weighted by Crippen LogP contribution is 2.32. The number of hydrogen-bond donors (Lipinski definition) is 2. The van der Waals surface area contributed by atoms with E-state index in [-0.39, 0.29) is 11.9 Å². The molecule has 1 fully saturated rings. The van der Waals surface area contributed by atoms with E-state index in [9.17, 15) is 4.79 Å². The van der Waals surface area contributed by atoms with Crippen LogP contribution < -0.4 is 15.8 Å². The number of rotatable bonds is 8. The highest BCUT2D eigenvalue weighted by Gasteiger charge is 2.32. The van der Waals surface area contributed by atoms with Gasteiger partial charge < -0.3 is 20.5 Å². The summed E-state index contributed by atoms with van der Waals surface area (Å²) in [6, 6.07) is 7.71. The summed E-state index contributed by atoms with van der Waals surface area (Å²) in [5.41, 5.74) is 6.67. The average Bonchev–Trinajstić information content (AvgIpc) is 3.34. The van der Waals surface area contributed by atoms with Gasteiger partial charge in [-0.15, -0.1) is 0 Å². The van der Waals surface area contributed by atoms with Crippen molar-refractivity contribution >= 4 is 5.91 Å². The molecule has 1 aliphatic carbocycles. The Morgan fingerprint density at radius 3 is 2.86 bits per heavy atom. The highest BCUT2D eigenvalue weighted by molar-refractivity contribution is 5.80. The first-order chi connectivity index (χ1) is 10.1. The molecule has 2 rings (SSSR count). The van der Waals surface area contributed by atoms with Gasteiger partial charge in [-0.25, -0.2) is 0 Å². The maximum absolute atomic E-state index is 12.1. The van der Waals surface area contributed by atoms with Crippen molar-refractivity contribution < 1.29 is 14.3 Å². The first-order valence-corrected chi connectivity index (χ1v) is 7.39. The largest absolute Gasteiger partial charge is 0.497 e. The predicted octanol–water partition coefficient (Wildman–Crippen LogP) is 1.45. The second-order valence-corrected chi connectivity index (χ2v) is 5.49. The van der Waals surface area contributed by atoms with Gasteiger partial charge in [0.1, 0.15) is 11.9 Å². The number of amides is 1. The van der Waals surface area contributed by atoms with Crippen LogP contribution in [-0.4, -0.2) is 31.7 Å². The van der Waals surface area contributed by atoms with Crippen LogP contribution >= 0.6 is 0 Å². The maximum Gasteiger partial charge on any atom is 0.249 e. The molecular weight excluding hydrogens is 268 g/mol. The summed E-state index contributed by atoms with van der Waals surface area (Å²) < 4.78 is 10.8. The summed E-state index contributed by atoms with van der Waals surface area (Å²) in [5.74, 6) is 1.23. The molecule has 0 aromatic heterocycles. The number of benzene rings is 1. The number of ether oxygens (including phenoxy) is 2. The minimum Gasteiger partial charge on any atom is -0.497 e. The van der Waals surface area contributed by atoms with E-state index in [1.165, 1.54) is 0 Å². The Labute approximate surface area is 125 Å². The zero-order chi connectivity index (χ0) is 15.2. The van der Waals surface area contributed by atoms with Gasteiger partial charge in [0.05, 0.1) is 13.7 Å². The number of carbonyl (C=O) groups is 1. The highest BCUT2D eigenvalue weighted by atomic mass is 16.5. The molecule has 5 nitrogen and oxygen atoms in total. The van der Waals surface area contributed by atoms with E-state index in [1.807, 2.05) is 24.3 Å². The van der Waals surface area contributed by atoms with Crippen LogP contribution in [0.15, 0.2) is 24.3 Å². The van der Waals surface area contributed by atoms with Gasteiger partial charge in [-0.05, 0) is 43.4 Å². The zero-order valence-electron chi connectivity index (χ0n) is 12.7. The molecule has 1 aromatic rings. The van der Waals surface area contributed by atoms with Gasteiger partial charge in [0.15, 0.2) is 0 Å². The standard InChI is InChI=1S/C16H24N2O3/c1-11(16(19)18-15(9-17)13-6-7-13)21-10-12-4-3-5-14(8-12)20-2/h3-5,8,11,13,15H,6-7,9-10,17H2,1-2H3,(H,18,19). The lowest BCUT2D eigenvalue weighted by Crippen LogP contribution is -2.46. The molecule has 2 atom stereocenters. The van der Waals surface area contributed by atoms with E-state index in [0.717, 1.165) is 24.2 Å². The van der Waals surface area contributed by atoms with Crippen LogP contribution in [0.25, 0.3) is 0 Å². The van der Waals surface area contributed by atoms with E-state index in [0.29, 0.717) is 19.1 Å². The molecule has 3 N–H and O–H groups in total. The van der Waals surface area contributed by atoms with Crippen molar-refractivity contribution in [1.82, 2.24) is 5.32 Å². The smallest absolute Gasteiger partial charge is 0.249 e. The molecule has 1 saturated carbocycles. The molecule has 0 radical (unpaired) electrons. The second kappa shape index (κ2) is 7.43. The van der Waals surface area contributed by atoms with Crippen molar-refractivity contribution in [2.45, 2.75) is 38.5 Å². The molecule has 0 aliphatic heterocycles. The average molecular weight is 292 g/mol. The Hall–Kier alpha value is -1.59. The number of carbonyl (C=O) groups excluding carboxylic acids is 1. The van der Waals surface area contributed by atoms with Crippen LogP contribution in [-0.2, 0) is 16.1 Å². The predicted molar refractivity (Wildman–Crippen MR) is 81.0 cm³/mol. The topological polar surface area (TPSA) is 73.6 Å². The van der Waals surface area contributed by atoms with Gasteiger partial charge in [-0.2, -0.15) is 0 Å². The normalized spacial score (nSPS) is 17.1. The number of nitrogens with two attached hydrogens (primary N) is 1. The SMILES string of the molecule is COc1cccc(COC(C)C(=O)NC(CN)C2CC2)c1. The Morgan fingerprint density at radius 2 is 2.24 bits per heavy atom. The number of hydrogen-bond acceptors (Lipinski definition) is 4. The molecule has 5 heteroatoms. The molecule has 0 spiro atoms. The van der Waals surface area contributed by atoms with Crippen molar-refractivity contribution in [3.8, 4) is 5.75 Å². The summed E-state index contributed by atoms with van der Waals surface area (Å²) in [4.78, 5) is 12.1. The zero-order valence-corrected chi connectivity index (χ0v) is 12.7. The summed E-state index contributed by atoms with van der Waals surface area (Å²) in [5, 5.41) is 2.97. The van der Waals surface area contributed by atoms with Crippen molar-refractivity contribution in [2.24, 2.45) is 11.7 Å².